The van der Waals surface area contributed by atoms with E-state index in [0.29, 0.717) is 22.6 Å². The average molecular weight is 484 g/mol. The highest BCUT2D eigenvalue weighted by atomic mass is 32.2. The van der Waals surface area contributed by atoms with E-state index >= 15 is 0 Å². The molecule has 180 valence electrons. The lowest BCUT2D eigenvalue weighted by Gasteiger charge is -2.19. The third-order valence-corrected chi connectivity index (χ3v) is 6.07. The molecule has 3 aromatic rings. The van der Waals surface area contributed by atoms with Crippen LogP contribution in [0.25, 0.3) is 0 Å². The Labute approximate surface area is 203 Å². The molecule has 10 heteroatoms. The number of carbonyl (C=O) groups is 1. The monoisotopic (exact) mass is 483 g/mol. The third kappa shape index (κ3) is 6.34. The van der Waals surface area contributed by atoms with Crippen LogP contribution in [0.15, 0.2) is 53.7 Å². The number of nitrogens with one attached hydrogen (secondary N) is 1. The van der Waals surface area contributed by atoms with Gasteiger partial charge in [-0.1, -0.05) is 37.7 Å². The fraction of sp³-hybridized carbons (Fsp3) is 0.375. The first-order chi connectivity index (χ1) is 16.2. The lowest BCUT2D eigenvalue weighted by atomic mass is 10.0. The molecule has 1 N–H and O–H groups in total. The van der Waals surface area contributed by atoms with Gasteiger partial charge in [-0.05, 0) is 56.5 Å². The molecule has 0 spiro atoms. The van der Waals surface area contributed by atoms with Gasteiger partial charge in [-0.25, -0.2) is 0 Å². The molecule has 9 nitrogen and oxygen atoms in total. The van der Waals surface area contributed by atoms with Gasteiger partial charge >= 0.3 is 0 Å². The molecule has 3 rings (SSSR count). The summed E-state index contributed by atoms with van der Waals surface area (Å²) in [7, 11) is 0. The van der Waals surface area contributed by atoms with Gasteiger partial charge in [0.05, 0.1) is 10.7 Å². The lowest BCUT2D eigenvalue weighted by Crippen LogP contribution is -2.16. The summed E-state index contributed by atoms with van der Waals surface area (Å²) in [6.07, 6.45) is -0.330. The van der Waals surface area contributed by atoms with Crippen LogP contribution < -0.4 is 10.1 Å². The highest BCUT2D eigenvalue weighted by Gasteiger charge is 2.22. The van der Waals surface area contributed by atoms with Crippen molar-refractivity contribution < 1.29 is 14.5 Å². The topological polar surface area (TPSA) is 112 Å². The number of aromatic nitrogens is 3. The minimum Gasteiger partial charge on any atom is -0.483 e. The second-order valence-corrected chi connectivity index (χ2v) is 9.37. The van der Waals surface area contributed by atoms with E-state index in [1.807, 2.05) is 37.5 Å². The minimum atomic E-state index is -0.483. The van der Waals surface area contributed by atoms with E-state index in [1.165, 1.54) is 41.6 Å². The Morgan fingerprint density at radius 3 is 2.26 bits per heavy atom. The predicted molar refractivity (Wildman–Crippen MR) is 132 cm³/mol. The molecule has 0 bridgehead atoms. The van der Waals surface area contributed by atoms with E-state index in [9.17, 15) is 14.9 Å². The maximum absolute atomic E-state index is 12.4. The van der Waals surface area contributed by atoms with Crippen LogP contribution in [0.5, 0.6) is 5.75 Å². The molecular formula is C24H29N5O4S. The van der Waals surface area contributed by atoms with Gasteiger partial charge < -0.3 is 14.6 Å². The number of nitrogens with zero attached hydrogens (tertiary/aromatic N) is 4. The highest BCUT2D eigenvalue weighted by molar-refractivity contribution is 7.99. The smallest absolute Gasteiger partial charge is 0.269 e. The van der Waals surface area contributed by atoms with E-state index < -0.39 is 4.92 Å². The van der Waals surface area contributed by atoms with Crippen LogP contribution in [0.4, 0.5) is 11.4 Å². The first-order valence-corrected chi connectivity index (χ1v) is 12.0. The first kappa shape index (κ1) is 25.2. The molecule has 34 heavy (non-hydrogen) atoms. The summed E-state index contributed by atoms with van der Waals surface area (Å²) < 4.78 is 8.08. The van der Waals surface area contributed by atoms with Gasteiger partial charge in [0, 0.05) is 23.9 Å². The van der Waals surface area contributed by atoms with Crippen LogP contribution in [-0.4, -0.2) is 31.3 Å². The van der Waals surface area contributed by atoms with Crippen LogP contribution in [-0.2, 0) is 4.79 Å². The molecule has 1 amide bonds. The van der Waals surface area contributed by atoms with Gasteiger partial charge in [-0.15, -0.1) is 10.2 Å². The van der Waals surface area contributed by atoms with Crippen LogP contribution in [0, 0.1) is 10.1 Å². The number of amides is 1. The van der Waals surface area contributed by atoms with Gasteiger partial charge in [0.1, 0.15) is 5.75 Å². The van der Waals surface area contributed by atoms with Crippen molar-refractivity contribution in [2.24, 2.45) is 0 Å². The molecule has 1 unspecified atom stereocenters. The summed E-state index contributed by atoms with van der Waals surface area (Å²) in [4.78, 5) is 22.7. The van der Waals surface area contributed by atoms with Crippen LogP contribution >= 0.6 is 11.8 Å². The number of nitro benzene ring substituents is 1. The van der Waals surface area contributed by atoms with Crippen molar-refractivity contribution in [3.8, 4) is 5.75 Å². The standard InChI is InChI=1S/C24H29N5O4S/c1-15(2)18-6-12-21(13-7-18)33-17(5)23-26-27-24(28(23)16(3)4)34-14-22(30)25-19-8-10-20(11-9-19)29(31)32/h6-13,15-17H,14H2,1-5H3,(H,25,30). The largest absolute Gasteiger partial charge is 0.483 e. The average Bonchev–Trinajstić information content (AvgIpc) is 3.23. The number of nitro groups is 1. The summed E-state index contributed by atoms with van der Waals surface area (Å²) in [6.45, 7) is 10.3. The van der Waals surface area contributed by atoms with Crippen molar-refractivity contribution in [3.05, 3.63) is 70.0 Å². The Kier molecular flexibility index (Phi) is 8.27. The fourth-order valence-electron chi connectivity index (χ4n) is 3.33. The molecule has 0 aliphatic rings. The van der Waals surface area contributed by atoms with Crippen molar-refractivity contribution in [3.63, 3.8) is 0 Å². The summed E-state index contributed by atoms with van der Waals surface area (Å²) in [6, 6.07) is 13.8. The van der Waals surface area contributed by atoms with Gasteiger partial charge in [0.25, 0.3) is 5.69 Å². The number of rotatable bonds is 10. The van der Waals surface area contributed by atoms with Gasteiger partial charge in [0.2, 0.25) is 5.91 Å². The molecule has 0 aliphatic heterocycles. The number of carbonyl (C=O) groups excluding carboxylic acids is 1. The quantitative estimate of drug-likeness (QED) is 0.221. The van der Waals surface area contributed by atoms with Crippen LogP contribution in [0.2, 0.25) is 0 Å². The Hall–Kier alpha value is -3.40. The minimum absolute atomic E-state index is 0.0304. The molecule has 0 radical (unpaired) electrons. The molecule has 1 atom stereocenters. The van der Waals surface area contributed by atoms with E-state index in [1.54, 1.807) is 0 Å². The molecule has 2 aromatic carbocycles. The Morgan fingerprint density at radius 1 is 1.06 bits per heavy atom. The summed E-state index contributed by atoms with van der Waals surface area (Å²) >= 11 is 1.27. The number of non-ortho nitro benzene ring substituents is 1. The zero-order valence-corrected chi connectivity index (χ0v) is 20.7. The van der Waals surface area contributed by atoms with Crippen molar-refractivity contribution in [1.82, 2.24) is 14.8 Å². The van der Waals surface area contributed by atoms with Crippen LogP contribution in [0.1, 0.15) is 64.1 Å². The third-order valence-electron chi connectivity index (χ3n) is 5.12. The first-order valence-electron chi connectivity index (χ1n) is 11.0. The normalized spacial score (nSPS) is 12.1. The van der Waals surface area contributed by atoms with E-state index in [-0.39, 0.29) is 29.5 Å². The Morgan fingerprint density at radius 2 is 1.71 bits per heavy atom. The summed E-state index contributed by atoms with van der Waals surface area (Å²) in [5.74, 6) is 1.77. The van der Waals surface area contributed by atoms with Crippen molar-refractivity contribution in [2.45, 2.75) is 57.8 Å². The number of ether oxygens (including phenoxy) is 1. The fourth-order valence-corrected chi connectivity index (χ4v) is 4.21. The number of hydrogen-bond donors (Lipinski definition) is 1. The molecule has 0 fully saturated rings. The van der Waals surface area contributed by atoms with Gasteiger partial charge in [-0.3, -0.25) is 14.9 Å². The summed E-state index contributed by atoms with van der Waals surface area (Å²) in [5, 5.41) is 22.7. The maximum atomic E-state index is 12.4. The zero-order valence-electron chi connectivity index (χ0n) is 19.9. The second kappa shape index (κ2) is 11.1. The van der Waals surface area contributed by atoms with E-state index in [4.69, 9.17) is 4.74 Å². The SMILES string of the molecule is CC(C)c1ccc(OC(C)c2nnc(SCC(=O)Nc3ccc([N+](=O)[O-])cc3)n2C(C)C)cc1. The highest BCUT2D eigenvalue weighted by Crippen LogP contribution is 2.28. The Bertz CT molecular complexity index is 1130. The van der Waals surface area contributed by atoms with Gasteiger partial charge in [-0.2, -0.15) is 0 Å². The van der Waals surface area contributed by atoms with Gasteiger partial charge in [0.15, 0.2) is 17.1 Å². The molecule has 0 saturated carbocycles. The van der Waals surface area contributed by atoms with Crippen LogP contribution in [0.3, 0.4) is 0 Å². The van der Waals surface area contributed by atoms with Crippen molar-refractivity contribution >= 4 is 29.0 Å². The molecule has 1 aromatic heterocycles. The number of benzene rings is 2. The van der Waals surface area contributed by atoms with E-state index in [2.05, 4.69) is 41.5 Å². The lowest BCUT2D eigenvalue weighted by molar-refractivity contribution is -0.384. The predicted octanol–water partition coefficient (Wildman–Crippen LogP) is 5.76. The second-order valence-electron chi connectivity index (χ2n) is 8.43. The summed E-state index contributed by atoms with van der Waals surface area (Å²) in [5.41, 5.74) is 1.71. The maximum Gasteiger partial charge on any atom is 0.269 e. The molecular weight excluding hydrogens is 454 g/mol. The molecule has 1 heterocycles. The zero-order chi connectivity index (χ0) is 24.8. The van der Waals surface area contributed by atoms with E-state index in [0.717, 1.165) is 5.75 Å². The number of thioether (sulfide) groups is 1. The van der Waals surface area contributed by atoms with Crippen molar-refractivity contribution in [2.75, 3.05) is 11.1 Å². The Balaban J connectivity index is 1.64. The molecule has 0 saturated heterocycles. The number of hydrogen-bond acceptors (Lipinski definition) is 7. The number of anilines is 1. The molecule has 0 aliphatic carbocycles. The van der Waals surface area contributed by atoms with Crippen molar-refractivity contribution in [1.29, 1.82) is 0 Å².